The molecule has 0 radical (unpaired) electrons. The average molecular weight is 1510 g/mol. The maximum atomic E-state index is 16.1. The minimum Gasteiger partial charge on any atom is -0.508 e. The van der Waals surface area contributed by atoms with Gasteiger partial charge in [-0.1, -0.05) is 79.3 Å². The van der Waals surface area contributed by atoms with Crippen LogP contribution in [-0.2, 0) is 49.5 Å². The molecule has 0 aromatic heterocycles. The van der Waals surface area contributed by atoms with Gasteiger partial charge in [0.1, 0.15) is 94.8 Å². The minimum atomic E-state index is -2.16. The van der Waals surface area contributed by atoms with Crippen LogP contribution in [0.25, 0.3) is 11.1 Å². The molecule has 0 saturated carbocycles. The molecule has 6 aliphatic heterocycles. The first kappa shape index (κ1) is 69.2. The highest BCUT2D eigenvalue weighted by atomic mass is 79.9. The lowest BCUT2D eigenvalue weighted by molar-refractivity contribution is -0.148. The number of halogens is 4. The van der Waals surface area contributed by atoms with E-state index in [1.807, 2.05) is 0 Å². The highest BCUT2D eigenvalue weighted by Crippen LogP contribution is 2.49. The number of benzene rings is 7. The average Bonchev–Trinajstić information content (AvgIpc) is 0.770. The molecule has 31 heteroatoms. The Morgan fingerprint density at radius 3 is 1.82 bits per heavy atom. The van der Waals surface area contributed by atoms with Gasteiger partial charge in [0.05, 0.1) is 16.7 Å². The summed E-state index contributed by atoms with van der Waals surface area (Å²) in [6.45, 7) is 4.39. The molecule has 13 N–H and O–H groups in total. The van der Waals surface area contributed by atoms with Crippen LogP contribution < -0.4 is 56.2 Å². The first-order valence-corrected chi connectivity index (χ1v) is 32.9. The summed E-state index contributed by atoms with van der Waals surface area (Å²) in [5.74, 6) is -13.1. The number of phenolic OH excluding ortho intramolecular Hbond substituents is 5. The van der Waals surface area contributed by atoms with Gasteiger partial charge in [-0.3, -0.25) is 28.8 Å². The minimum absolute atomic E-state index is 0.00506. The van der Waals surface area contributed by atoms with Crippen LogP contribution in [-0.4, -0.2) is 120 Å². The summed E-state index contributed by atoms with van der Waals surface area (Å²) >= 11 is 20.7. The van der Waals surface area contributed by atoms with E-state index in [0.717, 1.165) is 42.5 Å². The van der Waals surface area contributed by atoms with Crippen molar-refractivity contribution in [2.24, 2.45) is 0 Å². The number of aromatic hydroxyl groups is 5. The summed E-state index contributed by atoms with van der Waals surface area (Å²) < 4.78 is 36.6. The third-order valence-electron chi connectivity index (χ3n) is 15.7. The second-order valence-corrected chi connectivity index (χ2v) is 26.1. The lowest BCUT2D eigenvalue weighted by Crippen LogP contribution is -2.55. The molecular weight excluding hydrogens is 1450 g/mol. The summed E-state index contributed by atoms with van der Waals surface area (Å²) in [6.07, 6.45) is -3.58. The number of carbonyl (C=O) groups is 8. The molecule has 17 bridgehead atoms. The fraction of sp³-hybridized carbons (Fsp3) is 0.254. The highest BCUT2D eigenvalue weighted by Gasteiger charge is 2.42. The number of hydrogen-bond acceptors (Lipinski definition) is 20. The van der Waals surface area contributed by atoms with Gasteiger partial charge in [-0.05, 0) is 133 Å². The van der Waals surface area contributed by atoms with Gasteiger partial charge in [0.2, 0.25) is 41.2 Å². The predicted octanol–water partition coefficient (Wildman–Crippen LogP) is 8.47. The zero-order valence-electron chi connectivity index (χ0n) is 51.5. The number of aliphatic hydroxyl groups is 1. The number of alkyl carbamates (subject to hydrolysis) is 1. The molecular formula is C67H59Br2Cl2N7O20. The van der Waals surface area contributed by atoms with Crippen molar-refractivity contribution in [3.63, 3.8) is 0 Å². The number of fused-ring (bicyclic) bond motifs is 14. The van der Waals surface area contributed by atoms with E-state index in [4.69, 9.17) is 51.6 Å². The molecule has 27 nitrogen and oxygen atoms in total. The van der Waals surface area contributed by atoms with Crippen LogP contribution in [0.15, 0.2) is 115 Å². The molecule has 0 aliphatic carbocycles. The molecule has 13 rings (SSSR count). The van der Waals surface area contributed by atoms with E-state index < -0.39 is 142 Å². The largest absolute Gasteiger partial charge is 0.508 e. The second-order valence-electron chi connectivity index (χ2n) is 23.7. The second kappa shape index (κ2) is 28.5. The van der Waals surface area contributed by atoms with Gasteiger partial charge in [0, 0.05) is 45.9 Å². The number of carbonyl (C=O) groups excluding carboxylic acids is 8. The zero-order chi connectivity index (χ0) is 70.2. The molecule has 6 heterocycles. The van der Waals surface area contributed by atoms with Crippen LogP contribution in [0.3, 0.4) is 0 Å². The van der Waals surface area contributed by atoms with Gasteiger partial charge in [0.25, 0.3) is 0 Å². The van der Waals surface area contributed by atoms with Crippen molar-refractivity contribution in [3.05, 3.63) is 164 Å². The Kier molecular flexibility index (Phi) is 20.1. The Morgan fingerprint density at radius 1 is 0.561 bits per heavy atom. The summed E-state index contributed by atoms with van der Waals surface area (Å²) in [7, 11) is 0. The smallest absolute Gasteiger partial charge is 0.408 e. The number of alkyl halides is 2. The number of nitrogens with one attached hydrogen (secondary N) is 7. The Morgan fingerprint density at radius 2 is 1.15 bits per heavy atom. The highest BCUT2D eigenvalue weighted by molar-refractivity contribution is 9.09. The van der Waals surface area contributed by atoms with Gasteiger partial charge in [0.15, 0.2) is 29.0 Å². The number of esters is 1. The van der Waals surface area contributed by atoms with Crippen molar-refractivity contribution in [2.75, 3.05) is 23.9 Å². The molecule has 6 aliphatic rings. The van der Waals surface area contributed by atoms with Crippen molar-refractivity contribution >= 4 is 103 Å². The molecule has 0 spiro atoms. The van der Waals surface area contributed by atoms with Crippen molar-refractivity contribution in [1.29, 1.82) is 0 Å². The van der Waals surface area contributed by atoms with Crippen LogP contribution in [0.4, 0.5) is 4.79 Å². The number of hydrogen-bond donors (Lipinski definition) is 13. The van der Waals surface area contributed by atoms with Crippen LogP contribution in [0, 0.1) is 0 Å². The maximum absolute atomic E-state index is 16.1. The molecule has 0 unspecified atom stereocenters. The summed E-state index contributed by atoms with van der Waals surface area (Å²) in [4.78, 5) is 121. The van der Waals surface area contributed by atoms with Gasteiger partial charge >= 0.3 is 12.1 Å². The summed E-state index contributed by atoms with van der Waals surface area (Å²) in [5, 5.41) is 87.6. The van der Waals surface area contributed by atoms with E-state index in [-0.39, 0.29) is 119 Å². The monoisotopic (exact) mass is 1510 g/mol. The fourth-order valence-corrected chi connectivity index (χ4v) is 12.1. The predicted molar refractivity (Wildman–Crippen MR) is 355 cm³/mol. The van der Waals surface area contributed by atoms with Crippen LogP contribution in [0.5, 0.6) is 69.0 Å². The third-order valence-corrected chi connectivity index (χ3v) is 16.9. The first-order chi connectivity index (χ1) is 46.6. The summed E-state index contributed by atoms with van der Waals surface area (Å²) in [5.41, 5.74) is -2.78. The number of phenols is 5. The zero-order valence-corrected chi connectivity index (χ0v) is 56.2. The quantitative estimate of drug-likeness (QED) is 0.0525. The van der Waals surface area contributed by atoms with E-state index in [1.54, 1.807) is 20.8 Å². The van der Waals surface area contributed by atoms with Crippen molar-refractivity contribution < 1.29 is 97.4 Å². The molecule has 510 valence electrons. The Bertz CT molecular complexity index is 4420. The molecule has 8 atom stereocenters. The van der Waals surface area contributed by atoms with Gasteiger partial charge in [-0.15, -0.1) is 0 Å². The van der Waals surface area contributed by atoms with E-state index in [9.17, 15) is 45.0 Å². The molecule has 98 heavy (non-hydrogen) atoms. The molecule has 0 saturated heterocycles. The third kappa shape index (κ3) is 15.0. The maximum Gasteiger partial charge on any atom is 0.408 e. The molecule has 0 fully saturated rings. The first-order valence-electron chi connectivity index (χ1n) is 29.9. The van der Waals surface area contributed by atoms with E-state index >= 15 is 24.0 Å². The van der Waals surface area contributed by atoms with Crippen molar-refractivity contribution in [1.82, 2.24) is 37.2 Å². The van der Waals surface area contributed by atoms with Crippen molar-refractivity contribution in [2.45, 2.75) is 81.2 Å². The Labute approximate surface area is 583 Å². The molecule has 7 amide bonds. The van der Waals surface area contributed by atoms with Crippen molar-refractivity contribution in [3.8, 4) is 80.1 Å². The normalized spacial score (nSPS) is 20.7. The van der Waals surface area contributed by atoms with E-state index in [1.165, 1.54) is 72.8 Å². The number of ether oxygens (including phenoxy) is 6. The van der Waals surface area contributed by atoms with E-state index in [0.29, 0.717) is 0 Å². The molecule has 7 aromatic rings. The van der Waals surface area contributed by atoms with Gasteiger partial charge < -0.3 is 96.3 Å². The lowest BCUT2D eigenvalue weighted by Gasteiger charge is -2.31. The summed E-state index contributed by atoms with van der Waals surface area (Å²) in [6, 6.07) is 9.04. The van der Waals surface area contributed by atoms with Gasteiger partial charge in [-0.2, -0.15) is 0 Å². The number of rotatable bonds is 7. The van der Waals surface area contributed by atoms with Gasteiger partial charge in [-0.25, -0.2) is 9.59 Å². The Balaban J connectivity index is 1.14. The standard InChI is InChI=1S/C67H59Br2Cl2N7O20/c1-67(2,3)98-66(92)78-52-30-6-9-43(82)47(22-30)95-36-19-32(18-34(79)25-36)53-62(88)75-54-33-23-48(96-45-10-4-28(16-39(45)70)17-41(59(85)73-53)72-60(52)86)58(93-14-12-68)49(24-33)97-46-11-7-31(21-40(46)71)57(84)56-64(90)76-55(65(91)94-15-13-69)38-26-35(80)27-44(83)50(38)37-20-29(5-8-42(37)81)51(61(87)77-56)74-63(54)89/h4-11,16,18-27,41,51-57,79-84H,12-15,17H2,1-3H3,(H,72,86)(H,73,85)(H,74,89)(H,75,88)(H,76,90)(H,77,87)(H,78,92)/t41-,51-,52+,53+,54-,55-,56+,57-/m1/s1. The topological polar surface area (TPSA) is 398 Å². The lowest BCUT2D eigenvalue weighted by atomic mass is 9.89. The van der Waals surface area contributed by atoms with Crippen LogP contribution in [0.1, 0.15) is 96.0 Å². The fourth-order valence-electron chi connectivity index (χ4n) is 11.3. The SMILES string of the molecule is CC(C)(C)OC(=O)N[C@@H]1C(=O)N[C@@H]2Cc3ccc(c(Cl)c3)Oc3cc4cc(c3OCCBr)Oc3ccc(cc3Cl)[C@@H](O)[C@@H]3NC(=O)[C@H](NC(=O)[C@@H]4NC(=O)[C@@H](NC2=O)c2cc(O)cc(c2)Oc2cc1ccc2O)c1ccc(O)c(c1)-c1c(O)cc(O)cc1[C@H](C(=O)OCCBr)NC3=O. The van der Waals surface area contributed by atoms with E-state index in [2.05, 4.69) is 69.1 Å². The van der Waals surface area contributed by atoms with Crippen LogP contribution >= 0.6 is 55.1 Å². The number of aliphatic hydroxyl groups excluding tert-OH is 1. The molecule has 7 aromatic carbocycles. The number of amides is 7. The van der Waals surface area contributed by atoms with Crippen LogP contribution in [0.2, 0.25) is 10.0 Å². The Hall–Kier alpha value is -10.2.